The first-order valence-corrected chi connectivity index (χ1v) is 13.4. The number of fused-ring (bicyclic) bond motifs is 1. The summed E-state index contributed by atoms with van der Waals surface area (Å²) in [4.78, 5) is 40.5. The molecule has 4 rings (SSSR count). The van der Waals surface area contributed by atoms with E-state index in [1.807, 2.05) is 61.5 Å². The van der Waals surface area contributed by atoms with E-state index in [1.54, 1.807) is 6.20 Å². The van der Waals surface area contributed by atoms with Gasteiger partial charge in [0.2, 0.25) is 11.8 Å². The number of hydrogen-bond donors (Lipinski definition) is 4. The number of rotatable bonds is 13. The number of unbranched alkanes of at least 4 members (excludes halogenated alkanes) is 1. The van der Waals surface area contributed by atoms with Crippen molar-refractivity contribution < 1.29 is 19.5 Å². The van der Waals surface area contributed by atoms with Gasteiger partial charge in [-0.3, -0.25) is 14.4 Å². The molecule has 0 fully saturated rings. The van der Waals surface area contributed by atoms with Crippen LogP contribution in [0.3, 0.4) is 0 Å². The molecule has 2 amide bonds. The number of aromatic nitrogens is 1. The van der Waals surface area contributed by atoms with Crippen LogP contribution in [0.4, 0.5) is 5.82 Å². The number of carbonyl (C=O) groups excluding carboxylic acids is 2. The van der Waals surface area contributed by atoms with Gasteiger partial charge in [0.05, 0.1) is 19.0 Å². The van der Waals surface area contributed by atoms with E-state index < -0.39 is 17.9 Å². The Labute approximate surface area is 262 Å². The first-order valence-electron chi connectivity index (χ1n) is 13.4. The summed E-state index contributed by atoms with van der Waals surface area (Å²) >= 11 is 0. The van der Waals surface area contributed by atoms with Crippen LogP contribution in [-0.2, 0) is 14.4 Å². The molecule has 0 spiro atoms. The van der Waals surface area contributed by atoms with Crippen molar-refractivity contribution in [2.45, 2.75) is 38.6 Å². The fourth-order valence-corrected chi connectivity index (χ4v) is 4.48. The van der Waals surface area contributed by atoms with E-state index in [2.05, 4.69) is 45.2 Å². The predicted molar refractivity (Wildman–Crippen MR) is 164 cm³/mol. The molecule has 0 saturated carbocycles. The Kier molecular flexibility index (Phi) is 12.3. The molecule has 0 bridgehead atoms. The summed E-state index contributed by atoms with van der Waals surface area (Å²) in [6.07, 6.45) is 3.23. The van der Waals surface area contributed by atoms with Crippen molar-refractivity contribution in [1.82, 2.24) is 15.6 Å². The minimum absolute atomic E-state index is 0. The molecule has 41 heavy (non-hydrogen) atoms. The monoisotopic (exact) mass is 562 g/mol. The first kappa shape index (κ1) is 31.8. The molecule has 1 unspecified atom stereocenters. The summed E-state index contributed by atoms with van der Waals surface area (Å²) in [6, 6.07) is 25.0. The average Bonchev–Trinajstić information content (AvgIpc) is 2.95. The topological polar surface area (TPSA) is 120 Å². The molecule has 0 aliphatic carbocycles. The molecule has 208 valence electrons. The van der Waals surface area contributed by atoms with Crippen LogP contribution < -0.4 is 16.0 Å². The van der Waals surface area contributed by atoms with Crippen molar-refractivity contribution in [3.05, 3.63) is 96.2 Å². The quantitative estimate of drug-likeness (QED) is 0.140. The molecule has 0 radical (unpaired) electrons. The second-order valence-corrected chi connectivity index (χ2v) is 9.78. The van der Waals surface area contributed by atoms with Crippen molar-refractivity contribution in [3.63, 3.8) is 0 Å². The Morgan fingerprint density at radius 2 is 1.59 bits per heavy atom. The number of amides is 2. The van der Waals surface area contributed by atoms with Gasteiger partial charge in [-0.1, -0.05) is 60.7 Å². The molecule has 9 heteroatoms. The van der Waals surface area contributed by atoms with Gasteiger partial charge in [-0.2, -0.15) is 0 Å². The van der Waals surface area contributed by atoms with Gasteiger partial charge >= 0.3 is 35.5 Å². The molecule has 1 atom stereocenters. The predicted octanol–water partition coefficient (Wildman–Crippen LogP) is 4.59. The van der Waals surface area contributed by atoms with E-state index in [0.717, 1.165) is 39.7 Å². The Balaban J connectivity index is 0.00000462. The van der Waals surface area contributed by atoms with Crippen LogP contribution in [0.5, 0.6) is 0 Å². The molecule has 4 aromatic rings. The molecule has 0 aliphatic rings. The number of aliphatic carboxylic acids is 1. The summed E-state index contributed by atoms with van der Waals surface area (Å²) in [5.74, 6) is -0.883. The van der Waals surface area contributed by atoms with Gasteiger partial charge in [0, 0.05) is 19.2 Å². The third-order valence-corrected chi connectivity index (χ3v) is 6.61. The molecular formula is C32H35N4NaO4. The Hall–Kier alpha value is -3.72. The summed E-state index contributed by atoms with van der Waals surface area (Å²) in [6.45, 7) is 2.48. The van der Waals surface area contributed by atoms with Crippen LogP contribution in [0, 0.1) is 6.92 Å². The van der Waals surface area contributed by atoms with Crippen LogP contribution in [0.15, 0.2) is 85.1 Å². The zero-order chi connectivity index (χ0) is 28.3. The molecule has 0 saturated heterocycles. The Morgan fingerprint density at radius 1 is 0.854 bits per heavy atom. The number of nitrogens with zero attached hydrogens (tertiary/aromatic N) is 1. The minimum atomic E-state index is -1.03. The molecular weight excluding hydrogens is 527 g/mol. The average molecular weight is 563 g/mol. The number of aryl methyl sites for hydroxylation is 1. The number of carbonyl (C=O) groups is 3. The van der Waals surface area contributed by atoms with Gasteiger partial charge in [0.15, 0.2) is 0 Å². The zero-order valence-corrected chi connectivity index (χ0v) is 22.5. The van der Waals surface area contributed by atoms with Gasteiger partial charge in [-0.25, -0.2) is 4.98 Å². The van der Waals surface area contributed by atoms with Gasteiger partial charge in [-0.15, -0.1) is 0 Å². The summed E-state index contributed by atoms with van der Waals surface area (Å²) in [5, 5.41) is 20.3. The summed E-state index contributed by atoms with van der Waals surface area (Å²) < 4.78 is 0. The molecule has 4 N–H and O–H groups in total. The maximum absolute atomic E-state index is 12.6. The summed E-state index contributed by atoms with van der Waals surface area (Å²) in [7, 11) is 0. The normalized spacial score (nSPS) is 11.2. The van der Waals surface area contributed by atoms with Crippen molar-refractivity contribution in [1.29, 1.82) is 0 Å². The Morgan fingerprint density at radius 3 is 2.32 bits per heavy atom. The second kappa shape index (κ2) is 15.9. The number of nitrogens with one attached hydrogen (secondary N) is 3. The van der Waals surface area contributed by atoms with E-state index >= 15 is 0 Å². The number of carboxylic acid groups (broad SMARTS) is 1. The van der Waals surface area contributed by atoms with Crippen molar-refractivity contribution >= 4 is 63.9 Å². The van der Waals surface area contributed by atoms with Gasteiger partial charge in [0.25, 0.3) is 0 Å². The SMILES string of the molecule is Cc1ccnc(NCCCCC(=O)NCC(=O)NC(CC(=O)O)c2ccc(-c3ccc4ccccc4c3)cc2)c1.[NaH]. The molecule has 1 aromatic heterocycles. The van der Waals surface area contributed by atoms with E-state index in [1.165, 1.54) is 0 Å². The van der Waals surface area contributed by atoms with E-state index in [9.17, 15) is 19.5 Å². The fourth-order valence-electron chi connectivity index (χ4n) is 4.48. The van der Waals surface area contributed by atoms with Crippen molar-refractivity contribution in [3.8, 4) is 11.1 Å². The maximum atomic E-state index is 12.6. The van der Waals surface area contributed by atoms with Crippen LogP contribution in [0.2, 0.25) is 0 Å². The molecule has 3 aromatic carbocycles. The molecule has 1 heterocycles. The van der Waals surface area contributed by atoms with E-state index in [-0.39, 0.29) is 48.4 Å². The summed E-state index contributed by atoms with van der Waals surface area (Å²) in [5.41, 5.74) is 3.85. The van der Waals surface area contributed by atoms with Crippen LogP contribution in [0.25, 0.3) is 21.9 Å². The van der Waals surface area contributed by atoms with Gasteiger partial charge < -0.3 is 21.1 Å². The van der Waals surface area contributed by atoms with Crippen LogP contribution in [-0.4, -0.2) is 70.5 Å². The first-order chi connectivity index (χ1) is 19.4. The van der Waals surface area contributed by atoms with Crippen molar-refractivity contribution in [2.75, 3.05) is 18.4 Å². The number of carboxylic acids is 1. The third kappa shape index (κ3) is 10.0. The van der Waals surface area contributed by atoms with Crippen LogP contribution in [0.1, 0.15) is 42.9 Å². The van der Waals surface area contributed by atoms with Crippen LogP contribution >= 0.6 is 0 Å². The standard InChI is InChI=1S/C32H34N4O4.Na.H/c1-22-15-17-34-29(18-22)33-16-5-4-8-30(37)35-21-31(38)36-28(20-32(39)40)25-12-9-24(10-13-25)27-14-11-23-6-2-3-7-26(23)19-27;;/h2-3,6-7,9-15,17-19,28H,4-5,8,16,20-21H2,1H3,(H,33,34)(H,35,37)(H,36,38)(H,39,40);;. The number of anilines is 1. The van der Waals surface area contributed by atoms with Gasteiger partial charge in [-0.05, 0) is 71.0 Å². The molecule has 8 nitrogen and oxygen atoms in total. The van der Waals surface area contributed by atoms with E-state index in [4.69, 9.17) is 0 Å². The van der Waals surface area contributed by atoms with Gasteiger partial charge in [0.1, 0.15) is 5.82 Å². The zero-order valence-electron chi connectivity index (χ0n) is 22.5. The Bertz CT molecular complexity index is 1480. The van der Waals surface area contributed by atoms with E-state index in [0.29, 0.717) is 24.9 Å². The van der Waals surface area contributed by atoms with Crippen molar-refractivity contribution in [2.24, 2.45) is 0 Å². The second-order valence-electron chi connectivity index (χ2n) is 9.78. The number of hydrogen-bond acceptors (Lipinski definition) is 5. The number of pyridine rings is 1. The third-order valence-electron chi connectivity index (χ3n) is 6.61. The number of benzene rings is 3. The molecule has 0 aliphatic heterocycles. The fraction of sp³-hybridized carbons (Fsp3) is 0.250.